The second-order valence-corrected chi connectivity index (χ2v) is 5.78. The van der Waals surface area contributed by atoms with Gasteiger partial charge < -0.3 is 10.6 Å². The minimum absolute atomic E-state index is 0.317. The zero-order valence-electron chi connectivity index (χ0n) is 10.9. The number of nitrogens with zero attached hydrogens (tertiary/aromatic N) is 1. The largest absolute Gasteiger partial charge is 0.343 e. The van der Waals surface area contributed by atoms with Crippen LogP contribution in [-0.2, 0) is 4.79 Å². The van der Waals surface area contributed by atoms with Crippen molar-refractivity contribution in [3.05, 3.63) is 0 Å². The molecule has 3 heteroatoms. The molecule has 2 N–H and O–H groups in total. The molecule has 0 aromatic heterocycles. The molecule has 2 aliphatic rings. The van der Waals surface area contributed by atoms with Crippen LogP contribution in [0.5, 0.6) is 0 Å². The summed E-state index contributed by atoms with van der Waals surface area (Å²) in [7, 11) is 0. The lowest BCUT2D eigenvalue weighted by Crippen LogP contribution is -2.43. The Morgan fingerprint density at radius 3 is 2.18 bits per heavy atom. The predicted octanol–water partition coefficient (Wildman–Crippen LogP) is 2.30. The predicted molar refractivity (Wildman–Crippen MR) is 69.6 cm³/mol. The van der Waals surface area contributed by atoms with E-state index in [2.05, 4.69) is 0 Å². The van der Waals surface area contributed by atoms with Gasteiger partial charge in [0.15, 0.2) is 0 Å². The number of carbonyl (C=O) groups is 1. The number of hydrogen-bond donors (Lipinski definition) is 1. The van der Waals surface area contributed by atoms with Gasteiger partial charge in [0.1, 0.15) is 0 Å². The van der Waals surface area contributed by atoms with E-state index in [9.17, 15) is 4.79 Å². The summed E-state index contributed by atoms with van der Waals surface area (Å²) >= 11 is 0. The van der Waals surface area contributed by atoms with Crippen LogP contribution in [0.4, 0.5) is 0 Å². The lowest BCUT2D eigenvalue weighted by Gasteiger charge is -2.31. The maximum Gasteiger partial charge on any atom is 0.222 e. The molecule has 0 atom stereocenters. The van der Waals surface area contributed by atoms with Crippen molar-refractivity contribution in [2.45, 2.75) is 63.8 Å². The third-order valence-electron chi connectivity index (χ3n) is 4.33. The maximum absolute atomic E-state index is 12.2. The Balaban J connectivity index is 1.75. The molecule has 17 heavy (non-hydrogen) atoms. The lowest BCUT2D eigenvalue weighted by molar-refractivity contribution is -0.133. The normalized spacial score (nSPS) is 24.6. The van der Waals surface area contributed by atoms with Crippen LogP contribution >= 0.6 is 0 Å². The quantitative estimate of drug-likeness (QED) is 0.750. The fraction of sp³-hybridized carbons (Fsp3) is 0.929. The zero-order valence-corrected chi connectivity index (χ0v) is 10.9. The van der Waals surface area contributed by atoms with Gasteiger partial charge in [0.05, 0.1) is 0 Å². The fourth-order valence-corrected chi connectivity index (χ4v) is 3.09. The van der Waals surface area contributed by atoms with Gasteiger partial charge in [-0.2, -0.15) is 0 Å². The van der Waals surface area contributed by atoms with Crippen molar-refractivity contribution in [3.63, 3.8) is 0 Å². The van der Waals surface area contributed by atoms with Crippen LogP contribution in [0.25, 0.3) is 0 Å². The molecular weight excluding hydrogens is 212 g/mol. The summed E-state index contributed by atoms with van der Waals surface area (Å²) in [6.07, 6.45) is 10.7. The molecule has 1 aliphatic carbocycles. The van der Waals surface area contributed by atoms with Gasteiger partial charge in [-0.05, 0) is 31.6 Å². The van der Waals surface area contributed by atoms with E-state index in [1.54, 1.807) is 0 Å². The highest BCUT2D eigenvalue weighted by molar-refractivity contribution is 5.76. The van der Waals surface area contributed by atoms with Crippen LogP contribution in [0, 0.1) is 5.92 Å². The Hall–Kier alpha value is -0.570. The SMILES string of the molecule is NC1CCN(C(=O)CC2CCCCCC2)CC1. The van der Waals surface area contributed by atoms with Crippen LogP contribution in [0.3, 0.4) is 0 Å². The first kappa shape index (κ1) is 12.9. The van der Waals surface area contributed by atoms with Crippen molar-refractivity contribution < 1.29 is 4.79 Å². The van der Waals surface area contributed by atoms with E-state index in [0.29, 0.717) is 17.9 Å². The summed E-state index contributed by atoms with van der Waals surface area (Å²) in [6, 6.07) is 0.317. The highest BCUT2D eigenvalue weighted by atomic mass is 16.2. The summed E-state index contributed by atoms with van der Waals surface area (Å²) in [5.41, 5.74) is 5.86. The molecule has 0 unspecified atom stereocenters. The van der Waals surface area contributed by atoms with Crippen molar-refractivity contribution in [1.82, 2.24) is 4.90 Å². The van der Waals surface area contributed by atoms with E-state index >= 15 is 0 Å². The lowest BCUT2D eigenvalue weighted by atomic mass is 9.95. The van der Waals surface area contributed by atoms with Crippen LogP contribution in [0.15, 0.2) is 0 Å². The van der Waals surface area contributed by atoms with Crippen molar-refractivity contribution in [3.8, 4) is 0 Å². The molecule has 0 aromatic carbocycles. The molecular formula is C14H26N2O. The second-order valence-electron chi connectivity index (χ2n) is 5.78. The highest BCUT2D eigenvalue weighted by Gasteiger charge is 2.23. The number of hydrogen-bond acceptors (Lipinski definition) is 2. The Morgan fingerprint density at radius 2 is 1.59 bits per heavy atom. The summed E-state index contributed by atoms with van der Waals surface area (Å²) in [4.78, 5) is 14.2. The standard InChI is InChI=1S/C14H26N2O/c15-13-7-9-16(10-8-13)14(17)11-12-5-3-1-2-4-6-12/h12-13H,1-11,15H2. The molecule has 1 aliphatic heterocycles. The molecule has 2 rings (SSSR count). The number of nitrogens with two attached hydrogens (primary N) is 1. The second kappa shape index (κ2) is 6.39. The fourth-order valence-electron chi connectivity index (χ4n) is 3.09. The van der Waals surface area contributed by atoms with E-state index < -0.39 is 0 Å². The minimum Gasteiger partial charge on any atom is -0.343 e. The Bertz CT molecular complexity index is 239. The van der Waals surface area contributed by atoms with E-state index in [1.807, 2.05) is 4.90 Å². The van der Waals surface area contributed by atoms with Crippen molar-refractivity contribution in [2.75, 3.05) is 13.1 Å². The number of carbonyl (C=O) groups excluding carboxylic acids is 1. The third-order valence-corrected chi connectivity index (χ3v) is 4.33. The Kier molecular flexibility index (Phi) is 4.84. The molecule has 1 saturated carbocycles. The number of piperidine rings is 1. The average molecular weight is 238 g/mol. The van der Waals surface area contributed by atoms with Gasteiger partial charge >= 0.3 is 0 Å². The van der Waals surface area contributed by atoms with Crippen LogP contribution < -0.4 is 5.73 Å². The summed E-state index contributed by atoms with van der Waals surface area (Å²) in [5.74, 6) is 1.03. The summed E-state index contributed by atoms with van der Waals surface area (Å²) in [5, 5.41) is 0. The molecule has 1 heterocycles. The molecule has 2 fully saturated rings. The van der Waals surface area contributed by atoms with E-state index in [0.717, 1.165) is 32.4 Å². The molecule has 0 aromatic rings. The number of rotatable bonds is 2. The molecule has 0 spiro atoms. The van der Waals surface area contributed by atoms with Crippen molar-refractivity contribution in [2.24, 2.45) is 11.7 Å². The molecule has 0 bridgehead atoms. The molecule has 0 radical (unpaired) electrons. The van der Waals surface area contributed by atoms with E-state index in [-0.39, 0.29) is 0 Å². The third kappa shape index (κ3) is 3.98. The van der Waals surface area contributed by atoms with Gasteiger partial charge in [-0.15, -0.1) is 0 Å². The highest BCUT2D eigenvalue weighted by Crippen LogP contribution is 2.26. The molecule has 98 valence electrons. The topological polar surface area (TPSA) is 46.3 Å². The van der Waals surface area contributed by atoms with Gasteiger partial charge in [0.2, 0.25) is 5.91 Å². The van der Waals surface area contributed by atoms with E-state index in [4.69, 9.17) is 5.73 Å². The summed E-state index contributed by atoms with van der Waals surface area (Å²) < 4.78 is 0. The van der Waals surface area contributed by atoms with Gasteiger partial charge in [0.25, 0.3) is 0 Å². The van der Waals surface area contributed by atoms with Crippen molar-refractivity contribution >= 4 is 5.91 Å². The first-order valence-corrected chi connectivity index (χ1v) is 7.29. The number of amides is 1. The van der Waals surface area contributed by atoms with Gasteiger partial charge in [0, 0.05) is 25.6 Å². The Labute approximate surface area is 105 Å². The van der Waals surface area contributed by atoms with Gasteiger partial charge in [-0.25, -0.2) is 0 Å². The molecule has 3 nitrogen and oxygen atoms in total. The molecule has 1 saturated heterocycles. The average Bonchev–Trinajstić information content (AvgIpc) is 2.58. The zero-order chi connectivity index (χ0) is 12.1. The summed E-state index contributed by atoms with van der Waals surface area (Å²) in [6.45, 7) is 1.76. The van der Waals surface area contributed by atoms with Crippen LogP contribution in [0.2, 0.25) is 0 Å². The first-order valence-electron chi connectivity index (χ1n) is 7.29. The number of likely N-dealkylation sites (tertiary alicyclic amines) is 1. The van der Waals surface area contributed by atoms with Gasteiger partial charge in [-0.1, -0.05) is 25.7 Å². The Morgan fingerprint density at radius 1 is 1.00 bits per heavy atom. The van der Waals surface area contributed by atoms with Gasteiger partial charge in [-0.3, -0.25) is 4.79 Å². The molecule has 1 amide bonds. The minimum atomic E-state index is 0.317. The maximum atomic E-state index is 12.2. The monoisotopic (exact) mass is 238 g/mol. The van der Waals surface area contributed by atoms with E-state index in [1.165, 1.54) is 38.5 Å². The smallest absolute Gasteiger partial charge is 0.222 e. The van der Waals surface area contributed by atoms with Crippen LogP contribution in [-0.4, -0.2) is 29.9 Å². The van der Waals surface area contributed by atoms with Crippen LogP contribution in [0.1, 0.15) is 57.8 Å². The van der Waals surface area contributed by atoms with Crippen molar-refractivity contribution in [1.29, 1.82) is 0 Å². The first-order chi connectivity index (χ1) is 8.25.